The van der Waals surface area contributed by atoms with Crippen LogP contribution in [0.5, 0.6) is 0 Å². The summed E-state index contributed by atoms with van der Waals surface area (Å²) in [7, 11) is -3.96. The third-order valence-electron chi connectivity index (χ3n) is 6.19. The predicted octanol–water partition coefficient (Wildman–Crippen LogP) is 0.582. The maximum atomic E-state index is 12.9. The van der Waals surface area contributed by atoms with Crippen molar-refractivity contribution in [2.75, 3.05) is 23.7 Å². The number of benzene rings is 1. The number of piperidine rings is 2. The van der Waals surface area contributed by atoms with E-state index in [4.69, 9.17) is 4.55 Å². The molecule has 2 fully saturated rings. The van der Waals surface area contributed by atoms with E-state index in [0.717, 1.165) is 23.4 Å². The van der Waals surface area contributed by atoms with E-state index in [1.165, 1.54) is 0 Å². The summed E-state index contributed by atoms with van der Waals surface area (Å²) in [5.41, 5.74) is 1.25. The molecule has 0 saturated carbocycles. The number of amides is 4. The highest BCUT2D eigenvalue weighted by Crippen LogP contribution is 2.32. The van der Waals surface area contributed by atoms with Gasteiger partial charge in [-0.3, -0.25) is 33.9 Å². The summed E-state index contributed by atoms with van der Waals surface area (Å²) < 4.78 is 30.8. The summed E-state index contributed by atoms with van der Waals surface area (Å²) in [6.45, 7) is 1.32. The van der Waals surface area contributed by atoms with Gasteiger partial charge >= 0.3 is 0 Å². The van der Waals surface area contributed by atoms with Crippen LogP contribution >= 0.6 is 0 Å². The zero-order valence-corrected chi connectivity index (χ0v) is 17.6. The van der Waals surface area contributed by atoms with E-state index in [0.29, 0.717) is 19.5 Å². The largest absolute Gasteiger partial charge is 0.371 e. The molecule has 0 bridgehead atoms. The van der Waals surface area contributed by atoms with Gasteiger partial charge < -0.3 is 4.90 Å². The molecule has 0 aromatic heterocycles. The second kappa shape index (κ2) is 8.04. The summed E-state index contributed by atoms with van der Waals surface area (Å²) in [4.78, 5) is 52.3. The zero-order chi connectivity index (χ0) is 22.3. The molecule has 10 nitrogen and oxygen atoms in total. The maximum absolute atomic E-state index is 12.9. The van der Waals surface area contributed by atoms with Crippen molar-refractivity contribution < 1.29 is 32.1 Å². The quantitative estimate of drug-likeness (QED) is 0.491. The summed E-state index contributed by atoms with van der Waals surface area (Å²) in [6.07, 6.45) is 2.09. The van der Waals surface area contributed by atoms with E-state index in [-0.39, 0.29) is 35.6 Å². The smallest absolute Gasteiger partial charge is 0.264 e. The van der Waals surface area contributed by atoms with Gasteiger partial charge in [-0.15, -0.1) is 0 Å². The number of hydrogen-bond donors (Lipinski definition) is 2. The summed E-state index contributed by atoms with van der Waals surface area (Å²) in [5, 5.41) is 2.18. The van der Waals surface area contributed by atoms with Crippen molar-refractivity contribution in [3.05, 3.63) is 29.3 Å². The summed E-state index contributed by atoms with van der Waals surface area (Å²) >= 11 is 0. The summed E-state index contributed by atoms with van der Waals surface area (Å²) in [5.74, 6) is -2.19. The van der Waals surface area contributed by atoms with Crippen LogP contribution in [0.15, 0.2) is 18.2 Å². The van der Waals surface area contributed by atoms with Crippen LogP contribution in [0.4, 0.5) is 5.69 Å². The van der Waals surface area contributed by atoms with E-state index in [1.54, 1.807) is 18.2 Å². The minimum Gasteiger partial charge on any atom is -0.371 e. The lowest BCUT2D eigenvalue weighted by molar-refractivity contribution is -0.136. The molecule has 1 atom stereocenters. The Balaban J connectivity index is 1.46. The first-order chi connectivity index (χ1) is 14.6. The van der Waals surface area contributed by atoms with Gasteiger partial charge in [-0.2, -0.15) is 8.42 Å². The lowest BCUT2D eigenvalue weighted by Gasteiger charge is -2.33. The van der Waals surface area contributed by atoms with Gasteiger partial charge in [0.1, 0.15) is 6.04 Å². The molecule has 2 N–H and O–H groups in total. The Labute approximate surface area is 179 Å². The number of hydrogen-bond acceptors (Lipinski definition) is 7. The molecule has 0 spiro atoms. The average Bonchev–Trinajstić information content (AvgIpc) is 2.96. The Kier molecular flexibility index (Phi) is 5.56. The molecule has 2 saturated heterocycles. The second-order valence-corrected chi connectivity index (χ2v) is 9.75. The predicted molar refractivity (Wildman–Crippen MR) is 109 cm³/mol. The van der Waals surface area contributed by atoms with E-state index in [1.807, 2.05) is 0 Å². The fraction of sp³-hybridized carbons (Fsp3) is 0.500. The highest BCUT2D eigenvalue weighted by atomic mass is 32.2. The number of imide groups is 2. The first-order valence-electron chi connectivity index (χ1n) is 10.2. The maximum Gasteiger partial charge on any atom is 0.264 e. The molecule has 3 heterocycles. The number of carbonyl (C=O) groups is 4. The van der Waals surface area contributed by atoms with Crippen LogP contribution in [0.2, 0.25) is 0 Å². The van der Waals surface area contributed by atoms with Gasteiger partial charge in [-0.05, 0) is 49.8 Å². The van der Waals surface area contributed by atoms with Gasteiger partial charge in [0.05, 0.1) is 16.9 Å². The third-order valence-corrected chi connectivity index (χ3v) is 6.94. The zero-order valence-electron chi connectivity index (χ0n) is 16.7. The van der Waals surface area contributed by atoms with Crippen molar-refractivity contribution in [3.63, 3.8) is 0 Å². The standard InChI is InChI=1S/C20H23N3O7S/c24-17-4-3-16(18(25)21-17)23-19(26)14-2-1-13(11-15(14)20(23)27)22-8-5-12(6-9-22)7-10-31(28,29)30/h1-2,11-12,16H,3-10H2,(H,21,24,25)(H,28,29,30). The van der Waals surface area contributed by atoms with Crippen molar-refractivity contribution in [1.29, 1.82) is 0 Å². The lowest BCUT2D eigenvalue weighted by atomic mass is 9.94. The van der Waals surface area contributed by atoms with Crippen molar-refractivity contribution >= 4 is 39.4 Å². The van der Waals surface area contributed by atoms with Crippen molar-refractivity contribution in [2.24, 2.45) is 5.92 Å². The SMILES string of the molecule is O=C1CCC(N2C(=O)c3ccc(N4CCC(CCS(=O)(=O)O)CC4)cc3C2=O)C(=O)N1. The Hall–Kier alpha value is -2.79. The fourth-order valence-corrected chi connectivity index (χ4v) is 5.08. The minimum atomic E-state index is -3.96. The van der Waals surface area contributed by atoms with Crippen LogP contribution in [0.25, 0.3) is 0 Å². The number of carbonyl (C=O) groups excluding carboxylic acids is 4. The minimum absolute atomic E-state index is 0.0710. The average molecular weight is 449 g/mol. The fourth-order valence-electron chi connectivity index (χ4n) is 4.45. The van der Waals surface area contributed by atoms with E-state index in [2.05, 4.69) is 10.2 Å². The van der Waals surface area contributed by atoms with Gasteiger partial charge in [0, 0.05) is 25.2 Å². The Morgan fingerprint density at radius 3 is 2.32 bits per heavy atom. The highest BCUT2D eigenvalue weighted by Gasteiger charge is 2.44. The van der Waals surface area contributed by atoms with Gasteiger partial charge in [0.25, 0.3) is 21.9 Å². The molecular formula is C20H23N3O7S. The van der Waals surface area contributed by atoms with Crippen LogP contribution in [-0.2, 0) is 19.7 Å². The van der Waals surface area contributed by atoms with Crippen LogP contribution in [0.1, 0.15) is 52.8 Å². The molecule has 166 valence electrons. The van der Waals surface area contributed by atoms with Gasteiger partial charge in [-0.25, -0.2) is 0 Å². The van der Waals surface area contributed by atoms with Gasteiger partial charge in [-0.1, -0.05) is 0 Å². The third kappa shape index (κ3) is 4.33. The molecule has 0 radical (unpaired) electrons. The molecule has 0 aliphatic carbocycles. The number of rotatable bonds is 5. The van der Waals surface area contributed by atoms with Crippen LogP contribution in [0, 0.1) is 5.92 Å². The molecule has 4 amide bonds. The van der Waals surface area contributed by atoms with Crippen LogP contribution in [-0.4, -0.2) is 66.4 Å². The molecular weight excluding hydrogens is 426 g/mol. The normalized spacial score (nSPS) is 22.7. The number of anilines is 1. The van der Waals surface area contributed by atoms with E-state index >= 15 is 0 Å². The Morgan fingerprint density at radius 1 is 1.00 bits per heavy atom. The topological polar surface area (TPSA) is 141 Å². The van der Waals surface area contributed by atoms with Crippen molar-refractivity contribution in [1.82, 2.24) is 10.2 Å². The van der Waals surface area contributed by atoms with Gasteiger partial charge in [0.15, 0.2) is 0 Å². The summed E-state index contributed by atoms with van der Waals surface area (Å²) in [6, 6.07) is 4.00. The molecule has 1 aromatic carbocycles. The second-order valence-electron chi connectivity index (χ2n) is 8.18. The number of nitrogens with zero attached hydrogens (tertiary/aromatic N) is 2. The Bertz CT molecular complexity index is 1060. The molecule has 4 rings (SSSR count). The number of fused-ring (bicyclic) bond motifs is 1. The highest BCUT2D eigenvalue weighted by molar-refractivity contribution is 7.85. The number of nitrogens with one attached hydrogen (secondary N) is 1. The van der Waals surface area contributed by atoms with Crippen molar-refractivity contribution in [2.45, 2.75) is 38.1 Å². The van der Waals surface area contributed by atoms with E-state index < -0.39 is 39.8 Å². The molecule has 11 heteroatoms. The molecule has 1 unspecified atom stereocenters. The molecule has 31 heavy (non-hydrogen) atoms. The monoisotopic (exact) mass is 449 g/mol. The molecule has 3 aliphatic heterocycles. The lowest BCUT2D eigenvalue weighted by Crippen LogP contribution is -2.54. The first-order valence-corrected chi connectivity index (χ1v) is 11.8. The molecule has 1 aromatic rings. The van der Waals surface area contributed by atoms with Crippen LogP contribution < -0.4 is 10.2 Å². The first kappa shape index (κ1) is 21.4. The van der Waals surface area contributed by atoms with Crippen molar-refractivity contribution in [3.8, 4) is 0 Å². The van der Waals surface area contributed by atoms with E-state index in [9.17, 15) is 27.6 Å². The van der Waals surface area contributed by atoms with Gasteiger partial charge in [0.2, 0.25) is 11.8 Å². The van der Waals surface area contributed by atoms with Crippen LogP contribution in [0.3, 0.4) is 0 Å². The Morgan fingerprint density at radius 2 is 1.68 bits per heavy atom. The molecule has 3 aliphatic rings.